The third-order valence-corrected chi connectivity index (χ3v) is 4.77. The number of carbonyl (C=O) groups excluding carboxylic acids is 1. The molecule has 7 heteroatoms. The molecule has 0 spiro atoms. The first kappa shape index (κ1) is 16.9. The number of anilines is 2. The van der Waals surface area contributed by atoms with Crippen molar-refractivity contribution < 1.29 is 9.21 Å². The molecule has 1 aromatic heterocycles. The molecule has 134 valence electrons. The first-order valence-electron chi connectivity index (χ1n) is 8.56. The van der Waals surface area contributed by atoms with Crippen LogP contribution in [0.4, 0.5) is 11.7 Å². The van der Waals surface area contributed by atoms with Gasteiger partial charge in [0.2, 0.25) is 5.91 Å². The zero-order valence-electron chi connectivity index (χ0n) is 14.2. The van der Waals surface area contributed by atoms with E-state index in [-0.39, 0.29) is 5.91 Å². The Bertz CT molecular complexity index is 886. The summed E-state index contributed by atoms with van der Waals surface area (Å²) in [5.74, 6) is -0.0617. The summed E-state index contributed by atoms with van der Waals surface area (Å²) in [5, 5.41) is 3.40. The zero-order chi connectivity index (χ0) is 17.9. The number of nitrogens with zero attached hydrogens (tertiary/aromatic N) is 3. The lowest BCUT2D eigenvalue weighted by atomic mass is 10.3. The first-order valence-corrected chi connectivity index (χ1v) is 8.94. The van der Waals surface area contributed by atoms with Gasteiger partial charge in [0.1, 0.15) is 5.52 Å². The number of nitrogens with one attached hydrogen (secondary N) is 1. The molecule has 0 saturated carbocycles. The average Bonchev–Trinajstić information content (AvgIpc) is 3.08. The van der Waals surface area contributed by atoms with Gasteiger partial charge in [0.25, 0.3) is 6.01 Å². The van der Waals surface area contributed by atoms with Crippen molar-refractivity contribution in [3.05, 3.63) is 53.6 Å². The molecule has 1 aliphatic rings. The number of para-hydroxylation sites is 3. The molecule has 1 N–H and O–H groups in total. The minimum absolute atomic E-state index is 0.0617. The van der Waals surface area contributed by atoms with Crippen LogP contribution in [0.2, 0.25) is 5.02 Å². The van der Waals surface area contributed by atoms with Crippen LogP contribution in [0.1, 0.15) is 0 Å². The Morgan fingerprint density at radius 2 is 1.81 bits per heavy atom. The number of aromatic nitrogens is 1. The Morgan fingerprint density at radius 1 is 1.08 bits per heavy atom. The molecule has 2 aromatic carbocycles. The fourth-order valence-corrected chi connectivity index (χ4v) is 3.23. The predicted molar refractivity (Wildman–Crippen MR) is 103 cm³/mol. The van der Waals surface area contributed by atoms with Gasteiger partial charge in [-0.2, -0.15) is 4.98 Å². The number of carbonyl (C=O) groups is 1. The van der Waals surface area contributed by atoms with Crippen LogP contribution < -0.4 is 10.2 Å². The Labute approximate surface area is 156 Å². The standard InChI is InChI=1S/C19H19ClN4O2/c20-14-5-1-2-6-15(14)21-18(25)13-23-9-11-24(12-10-23)19-22-16-7-3-4-8-17(16)26-19/h1-8H,9-13H2,(H,21,25). The molecule has 26 heavy (non-hydrogen) atoms. The molecule has 0 unspecified atom stereocenters. The molecule has 2 heterocycles. The summed E-state index contributed by atoms with van der Waals surface area (Å²) in [6.45, 7) is 3.42. The van der Waals surface area contributed by atoms with E-state index in [1.165, 1.54) is 0 Å². The van der Waals surface area contributed by atoms with E-state index in [9.17, 15) is 4.79 Å². The number of piperazine rings is 1. The number of hydrogen-bond acceptors (Lipinski definition) is 5. The van der Waals surface area contributed by atoms with E-state index in [1.54, 1.807) is 12.1 Å². The maximum absolute atomic E-state index is 12.2. The van der Waals surface area contributed by atoms with E-state index in [0.29, 0.717) is 23.3 Å². The Kier molecular flexibility index (Phi) is 4.77. The molecule has 0 bridgehead atoms. The third kappa shape index (κ3) is 3.66. The second-order valence-electron chi connectivity index (χ2n) is 6.26. The third-order valence-electron chi connectivity index (χ3n) is 4.44. The second-order valence-corrected chi connectivity index (χ2v) is 6.66. The van der Waals surface area contributed by atoms with E-state index in [1.807, 2.05) is 36.4 Å². The number of halogens is 1. The van der Waals surface area contributed by atoms with Gasteiger partial charge in [0.05, 0.1) is 17.3 Å². The topological polar surface area (TPSA) is 61.6 Å². The maximum Gasteiger partial charge on any atom is 0.298 e. The van der Waals surface area contributed by atoms with Crippen molar-refractivity contribution in [2.75, 3.05) is 42.9 Å². The van der Waals surface area contributed by atoms with E-state index >= 15 is 0 Å². The molecule has 3 aromatic rings. The Morgan fingerprint density at radius 3 is 2.58 bits per heavy atom. The van der Waals surface area contributed by atoms with Crippen molar-refractivity contribution >= 4 is 40.3 Å². The van der Waals surface area contributed by atoms with Crippen molar-refractivity contribution in [2.45, 2.75) is 0 Å². The van der Waals surface area contributed by atoms with Crippen molar-refractivity contribution in [3.8, 4) is 0 Å². The molecule has 0 atom stereocenters. The van der Waals surface area contributed by atoms with Crippen molar-refractivity contribution in [3.63, 3.8) is 0 Å². The molecule has 1 saturated heterocycles. The molecule has 1 amide bonds. The Hall–Kier alpha value is -2.57. The Balaban J connectivity index is 1.32. The van der Waals surface area contributed by atoms with Gasteiger partial charge in [-0.25, -0.2) is 0 Å². The second kappa shape index (κ2) is 7.35. The summed E-state index contributed by atoms with van der Waals surface area (Å²) in [6.07, 6.45) is 0. The van der Waals surface area contributed by atoms with Crippen LogP contribution in [0.25, 0.3) is 11.1 Å². The smallest absolute Gasteiger partial charge is 0.298 e. The van der Waals surface area contributed by atoms with E-state index in [2.05, 4.69) is 20.1 Å². The normalized spacial score (nSPS) is 15.3. The van der Waals surface area contributed by atoms with E-state index in [4.69, 9.17) is 16.0 Å². The van der Waals surface area contributed by atoms with Crippen LogP contribution in [0.15, 0.2) is 52.9 Å². The number of benzene rings is 2. The molecular weight excluding hydrogens is 352 g/mol. The molecule has 1 fully saturated rings. The first-order chi connectivity index (χ1) is 12.7. The number of rotatable bonds is 4. The largest absolute Gasteiger partial charge is 0.423 e. The zero-order valence-corrected chi connectivity index (χ0v) is 14.9. The van der Waals surface area contributed by atoms with E-state index in [0.717, 1.165) is 37.3 Å². The minimum Gasteiger partial charge on any atom is -0.423 e. The fraction of sp³-hybridized carbons (Fsp3) is 0.263. The van der Waals surface area contributed by atoms with Crippen molar-refractivity contribution in [1.82, 2.24) is 9.88 Å². The van der Waals surface area contributed by atoms with Gasteiger partial charge < -0.3 is 14.6 Å². The SMILES string of the molecule is O=C(CN1CCN(c2nc3ccccc3o2)CC1)Nc1ccccc1Cl. The summed E-state index contributed by atoms with van der Waals surface area (Å²) in [5.41, 5.74) is 2.30. The van der Waals surface area contributed by atoms with Gasteiger partial charge in [-0.15, -0.1) is 0 Å². The highest BCUT2D eigenvalue weighted by molar-refractivity contribution is 6.33. The van der Waals surface area contributed by atoms with Gasteiger partial charge in [0.15, 0.2) is 5.58 Å². The molecule has 4 rings (SSSR count). The van der Waals surface area contributed by atoms with Gasteiger partial charge >= 0.3 is 0 Å². The van der Waals surface area contributed by atoms with Crippen LogP contribution >= 0.6 is 11.6 Å². The van der Waals surface area contributed by atoms with Crippen LogP contribution in [0.5, 0.6) is 0 Å². The van der Waals surface area contributed by atoms with Gasteiger partial charge in [0, 0.05) is 26.2 Å². The predicted octanol–water partition coefficient (Wildman–Crippen LogP) is 3.24. The lowest BCUT2D eigenvalue weighted by Gasteiger charge is -2.33. The molecule has 0 aliphatic carbocycles. The summed E-state index contributed by atoms with van der Waals surface area (Å²) >= 11 is 6.08. The van der Waals surface area contributed by atoms with Gasteiger partial charge in [-0.05, 0) is 24.3 Å². The highest BCUT2D eigenvalue weighted by atomic mass is 35.5. The highest BCUT2D eigenvalue weighted by Crippen LogP contribution is 2.23. The van der Waals surface area contributed by atoms with Gasteiger partial charge in [-0.1, -0.05) is 35.9 Å². The number of oxazole rings is 1. The number of amides is 1. The maximum atomic E-state index is 12.2. The molecule has 0 radical (unpaired) electrons. The highest BCUT2D eigenvalue weighted by Gasteiger charge is 2.22. The molecule has 6 nitrogen and oxygen atoms in total. The summed E-state index contributed by atoms with van der Waals surface area (Å²) in [7, 11) is 0. The molecule has 1 aliphatic heterocycles. The van der Waals surface area contributed by atoms with Gasteiger partial charge in [-0.3, -0.25) is 9.69 Å². The van der Waals surface area contributed by atoms with Crippen molar-refractivity contribution in [2.24, 2.45) is 0 Å². The lowest BCUT2D eigenvalue weighted by molar-refractivity contribution is -0.117. The lowest BCUT2D eigenvalue weighted by Crippen LogP contribution is -2.48. The summed E-state index contributed by atoms with van der Waals surface area (Å²) < 4.78 is 5.82. The summed E-state index contributed by atoms with van der Waals surface area (Å²) in [4.78, 5) is 21.0. The van der Waals surface area contributed by atoms with Crippen LogP contribution in [0.3, 0.4) is 0 Å². The van der Waals surface area contributed by atoms with Crippen LogP contribution in [0, 0.1) is 0 Å². The number of hydrogen-bond donors (Lipinski definition) is 1. The monoisotopic (exact) mass is 370 g/mol. The van der Waals surface area contributed by atoms with Crippen molar-refractivity contribution in [1.29, 1.82) is 0 Å². The fourth-order valence-electron chi connectivity index (χ4n) is 3.05. The summed E-state index contributed by atoms with van der Waals surface area (Å²) in [6, 6.07) is 15.6. The van der Waals surface area contributed by atoms with E-state index < -0.39 is 0 Å². The quantitative estimate of drug-likeness (QED) is 0.764. The minimum atomic E-state index is -0.0617. The van der Waals surface area contributed by atoms with Crippen LogP contribution in [-0.4, -0.2) is 48.5 Å². The van der Waals surface area contributed by atoms with Crippen LogP contribution in [-0.2, 0) is 4.79 Å². The molecular formula is C19H19ClN4O2. The number of fused-ring (bicyclic) bond motifs is 1. The average molecular weight is 371 g/mol.